The van der Waals surface area contributed by atoms with Crippen molar-refractivity contribution in [1.29, 1.82) is 0 Å². The number of rotatable bonds is 3. The van der Waals surface area contributed by atoms with Crippen LogP contribution in [0.4, 0.5) is 0 Å². The maximum Gasteiger partial charge on any atom is 0.0994 e. The van der Waals surface area contributed by atoms with Crippen LogP contribution in [0.2, 0.25) is 0 Å². The standard InChI is InChI=1S/C11H16BrNO/c1-11(14,8-13(2)3)9-4-6-10(12)7-5-9/h4-7,14H,8H2,1-3H3/t11-/m0/s1. The topological polar surface area (TPSA) is 23.5 Å². The van der Waals surface area contributed by atoms with Crippen LogP contribution in [0, 0.1) is 0 Å². The van der Waals surface area contributed by atoms with E-state index in [2.05, 4.69) is 15.9 Å². The lowest BCUT2D eigenvalue weighted by Crippen LogP contribution is -2.34. The van der Waals surface area contributed by atoms with E-state index < -0.39 is 5.60 Å². The van der Waals surface area contributed by atoms with Gasteiger partial charge in [-0.1, -0.05) is 28.1 Å². The Morgan fingerprint density at radius 1 is 1.29 bits per heavy atom. The molecule has 0 unspecified atom stereocenters. The van der Waals surface area contributed by atoms with Crippen molar-refractivity contribution in [1.82, 2.24) is 4.90 Å². The zero-order valence-electron chi connectivity index (χ0n) is 8.79. The van der Waals surface area contributed by atoms with E-state index in [1.807, 2.05) is 50.2 Å². The highest BCUT2D eigenvalue weighted by molar-refractivity contribution is 9.10. The van der Waals surface area contributed by atoms with Crippen molar-refractivity contribution in [3.63, 3.8) is 0 Å². The Morgan fingerprint density at radius 2 is 1.79 bits per heavy atom. The van der Waals surface area contributed by atoms with E-state index in [4.69, 9.17) is 0 Å². The first-order valence-electron chi connectivity index (χ1n) is 4.55. The quantitative estimate of drug-likeness (QED) is 0.898. The maximum absolute atomic E-state index is 10.2. The summed E-state index contributed by atoms with van der Waals surface area (Å²) in [6.45, 7) is 2.45. The van der Waals surface area contributed by atoms with Crippen LogP contribution in [0.25, 0.3) is 0 Å². The Kier molecular flexibility index (Phi) is 3.70. The predicted octanol–water partition coefficient (Wildman–Crippen LogP) is 2.22. The number of hydrogen-bond donors (Lipinski definition) is 1. The van der Waals surface area contributed by atoms with E-state index in [1.54, 1.807) is 0 Å². The second-order valence-electron chi connectivity index (χ2n) is 4.02. The summed E-state index contributed by atoms with van der Waals surface area (Å²) < 4.78 is 1.03. The van der Waals surface area contributed by atoms with Crippen molar-refractivity contribution in [2.75, 3.05) is 20.6 Å². The zero-order valence-corrected chi connectivity index (χ0v) is 10.4. The van der Waals surface area contributed by atoms with E-state index in [1.165, 1.54) is 0 Å². The molecule has 0 spiro atoms. The number of aliphatic hydroxyl groups is 1. The second kappa shape index (κ2) is 4.43. The lowest BCUT2D eigenvalue weighted by atomic mass is 9.96. The van der Waals surface area contributed by atoms with Crippen molar-refractivity contribution in [3.05, 3.63) is 34.3 Å². The van der Waals surface area contributed by atoms with Gasteiger partial charge >= 0.3 is 0 Å². The molecular formula is C11H16BrNO. The van der Waals surface area contributed by atoms with Crippen LogP contribution in [-0.4, -0.2) is 30.6 Å². The molecule has 0 aromatic heterocycles. The van der Waals surface area contributed by atoms with Crippen molar-refractivity contribution < 1.29 is 5.11 Å². The summed E-state index contributed by atoms with van der Waals surface area (Å²) in [6, 6.07) is 7.76. The summed E-state index contributed by atoms with van der Waals surface area (Å²) in [7, 11) is 3.90. The molecule has 0 amide bonds. The molecule has 0 saturated carbocycles. The highest BCUT2D eigenvalue weighted by Crippen LogP contribution is 2.22. The average molecular weight is 258 g/mol. The first kappa shape index (κ1) is 11.7. The molecule has 0 radical (unpaired) electrons. The molecule has 0 aliphatic carbocycles. The van der Waals surface area contributed by atoms with Gasteiger partial charge in [-0.15, -0.1) is 0 Å². The molecular weight excluding hydrogens is 242 g/mol. The summed E-state index contributed by atoms with van der Waals surface area (Å²) in [5, 5.41) is 10.2. The third-order valence-corrected chi connectivity index (χ3v) is 2.62. The minimum Gasteiger partial charge on any atom is -0.384 e. The third-order valence-electron chi connectivity index (χ3n) is 2.09. The first-order valence-corrected chi connectivity index (χ1v) is 5.34. The van der Waals surface area contributed by atoms with Crippen LogP contribution in [0.5, 0.6) is 0 Å². The van der Waals surface area contributed by atoms with E-state index in [9.17, 15) is 5.11 Å². The van der Waals surface area contributed by atoms with E-state index >= 15 is 0 Å². The Bertz CT molecular complexity index is 293. The summed E-state index contributed by atoms with van der Waals surface area (Å²) in [6.07, 6.45) is 0. The molecule has 0 heterocycles. The molecule has 1 aromatic carbocycles. The van der Waals surface area contributed by atoms with Gasteiger partial charge in [-0.3, -0.25) is 0 Å². The minimum atomic E-state index is -0.788. The Morgan fingerprint density at radius 3 is 2.21 bits per heavy atom. The molecule has 2 nitrogen and oxygen atoms in total. The van der Waals surface area contributed by atoms with Gasteiger partial charge in [0.15, 0.2) is 0 Å². The molecule has 3 heteroatoms. The van der Waals surface area contributed by atoms with Crippen molar-refractivity contribution in [2.24, 2.45) is 0 Å². The normalized spacial score (nSPS) is 15.6. The van der Waals surface area contributed by atoms with Gasteiger partial charge in [0.25, 0.3) is 0 Å². The fourth-order valence-electron chi connectivity index (χ4n) is 1.52. The number of halogens is 1. The molecule has 0 aliphatic rings. The van der Waals surface area contributed by atoms with Gasteiger partial charge < -0.3 is 10.0 Å². The largest absolute Gasteiger partial charge is 0.384 e. The predicted molar refractivity (Wildman–Crippen MR) is 62.3 cm³/mol. The van der Waals surface area contributed by atoms with Crippen LogP contribution >= 0.6 is 15.9 Å². The van der Waals surface area contributed by atoms with Crippen molar-refractivity contribution >= 4 is 15.9 Å². The molecule has 0 bridgehead atoms. The molecule has 1 N–H and O–H groups in total. The van der Waals surface area contributed by atoms with Gasteiger partial charge in [-0.25, -0.2) is 0 Å². The van der Waals surface area contributed by atoms with Gasteiger partial charge in [0.2, 0.25) is 0 Å². The van der Waals surface area contributed by atoms with Crippen LogP contribution in [0.3, 0.4) is 0 Å². The van der Waals surface area contributed by atoms with Gasteiger partial charge in [0.05, 0.1) is 5.60 Å². The molecule has 0 fully saturated rings. The maximum atomic E-state index is 10.2. The first-order chi connectivity index (χ1) is 6.42. The zero-order chi connectivity index (χ0) is 10.8. The molecule has 1 rings (SSSR count). The summed E-state index contributed by atoms with van der Waals surface area (Å²) >= 11 is 3.37. The van der Waals surface area contributed by atoms with Crippen LogP contribution in [-0.2, 0) is 5.60 Å². The van der Waals surface area contributed by atoms with Gasteiger partial charge in [-0.05, 0) is 38.7 Å². The Hall–Kier alpha value is -0.380. The molecule has 1 atom stereocenters. The second-order valence-corrected chi connectivity index (χ2v) is 4.93. The molecule has 14 heavy (non-hydrogen) atoms. The van der Waals surface area contributed by atoms with Gasteiger partial charge in [-0.2, -0.15) is 0 Å². The summed E-state index contributed by atoms with van der Waals surface area (Å²) in [5.74, 6) is 0. The number of likely N-dealkylation sites (N-methyl/N-ethyl adjacent to an activating group) is 1. The minimum absolute atomic E-state index is 0.620. The van der Waals surface area contributed by atoms with E-state index in [0.29, 0.717) is 6.54 Å². The molecule has 1 aromatic rings. The lowest BCUT2D eigenvalue weighted by molar-refractivity contribution is 0.0300. The summed E-state index contributed by atoms with van der Waals surface area (Å²) in [5.41, 5.74) is 0.152. The fraction of sp³-hybridized carbons (Fsp3) is 0.455. The third kappa shape index (κ3) is 3.08. The molecule has 78 valence electrons. The van der Waals surface area contributed by atoms with Crippen LogP contribution < -0.4 is 0 Å². The van der Waals surface area contributed by atoms with Crippen molar-refractivity contribution in [2.45, 2.75) is 12.5 Å². The fourth-order valence-corrected chi connectivity index (χ4v) is 1.78. The molecule has 0 aliphatic heterocycles. The Balaban J connectivity index is 2.86. The Labute approximate surface area is 93.7 Å². The van der Waals surface area contributed by atoms with E-state index in [0.717, 1.165) is 10.0 Å². The van der Waals surface area contributed by atoms with Gasteiger partial charge in [0.1, 0.15) is 0 Å². The van der Waals surface area contributed by atoms with E-state index in [-0.39, 0.29) is 0 Å². The number of benzene rings is 1. The number of nitrogens with zero attached hydrogens (tertiary/aromatic N) is 1. The highest BCUT2D eigenvalue weighted by Gasteiger charge is 2.23. The monoisotopic (exact) mass is 257 g/mol. The van der Waals surface area contributed by atoms with Crippen molar-refractivity contribution in [3.8, 4) is 0 Å². The average Bonchev–Trinajstić information content (AvgIpc) is 2.02. The van der Waals surface area contributed by atoms with Gasteiger partial charge in [0, 0.05) is 11.0 Å². The summed E-state index contributed by atoms with van der Waals surface area (Å²) in [4.78, 5) is 1.97. The molecule has 0 saturated heterocycles. The van der Waals surface area contributed by atoms with Crippen LogP contribution in [0.1, 0.15) is 12.5 Å². The highest BCUT2D eigenvalue weighted by atomic mass is 79.9. The SMILES string of the molecule is CN(C)C[C@](C)(O)c1ccc(Br)cc1. The smallest absolute Gasteiger partial charge is 0.0994 e. The number of hydrogen-bond acceptors (Lipinski definition) is 2. The lowest BCUT2D eigenvalue weighted by Gasteiger charge is -2.27. The van der Waals surface area contributed by atoms with Crippen LogP contribution in [0.15, 0.2) is 28.7 Å².